The van der Waals surface area contributed by atoms with E-state index in [1.165, 1.54) is 0 Å². The Labute approximate surface area is 161 Å². The van der Waals surface area contributed by atoms with Gasteiger partial charge in [-0.1, -0.05) is 24.3 Å². The topological polar surface area (TPSA) is 57.7 Å². The zero-order chi connectivity index (χ0) is 19.3. The van der Waals surface area contributed by atoms with E-state index in [1.807, 2.05) is 42.5 Å². The molecule has 1 fully saturated rings. The van der Waals surface area contributed by atoms with Crippen molar-refractivity contribution in [3.05, 3.63) is 54.2 Å². The smallest absolute Gasteiger partial charge is 0.270 e. The Hall–Kier alpha value is -2.60. The van der Waals surface area contributed by atoms with Crippen molar-refractivity contribution in [1.29, 1.82) is 0 Å². The summed E-state index contributed by atoms with van der Waals surface area (Å²) in [6.07, 6.45) is 0. The zero-order valence-corrected chi connectivity index (χ0v) is 16.3. The molecule has 6 nitrogen and oxygen atoms in total. The monoisotopic (exact) mass is 368 g/mol. The van der Waals surface area contributed by atoms with Gasteiger partial charge in [-0.3, -0.25) is 4.79 Å². The van der Waals surface area contributed by atoms with Crippen LogP contribution in [0.3, 0.4) is 0 Å². The lowest BCUT2D eigenvalue weighted by molar-refractivity contribution is 0.0942. The van der Waals surface area contributed by atoms with Crippen LogP contribution in [0.25, 0.3) is 0 Å². The fourth-order valence-electron chi connectivity index (χ4n) is 3.46. The largest absolute Gasteiger partial charge is 0.492 e. The molecule has 0 bridgehead atoms. The number of ether oxygens (including phenoxy) is 1. The van der Waals surface area contributed by atoms with Crippen molar-refractivity contribution in [3.63, 3.8) is 0 Å². The van der Waals surface area contributed by atoms with Gasteiger partial charge in [0.25, 0.3) is 5.91 Å². The van der Waals surface area contributed by atoms with Crippen LogP contribution in [0.5, 0.6) is 5.75 Å². The lowest BCUT2D eigenvalue weighted by Crippen LogP contribution is -2.58. The SMILES string of the molecule is CN1CCN(c2cccc(C(=O)NCCOc3ccccc3)n2)C(C)(C)C1. The number of anilines is 1. The summed E-state index contributed by atoms with van der Waals surface area (Å²) >= 11 is 0. The van der Waals surface area contributed by atoms with Crippen LogP contribution in [0, 0.1) is 0 Å². The number of hydrogen-bond donors (Lipinski definition) is 1. The highest BCUT2D eigenvalue weighted by atomic mass is 16.5. The third kappa shape index (κ3) is 4.98. The van der Waals surface area contributed by atoms with Gasteiger partial charge in [-0.05, 0) is 45.2 Å². The zero-order valence-electron chi connectivity index (χ0n) is 16.3. The molecule has 1 aliphatic rings. The van der Waals surface area contributed by atoms with Crippen LogP contribution in [0.4, 0.5) is 5.82 Å². The molecular formula is C21H28N4O2. The van der Waals surface area contributed by atoms with E-state index in [0.717, 1.165) is 31.2 Å². The fourth-order valence-corrected chi connectivity index (χ4v) is 3.46. The van der Waals surface area contributed by atoms with Crippen molar-refractivity contribution in [2.45, 2.75) is 19.4 Å². The van der Waals surface area contributed by atoms with Gasteiger partial charge < -0.3 is 19.9 Å². The molecule has 0 radical (unpaired) electrons. The van der Waals surface area contributed by atoms with Gasteiger partial charge in [0.1, 0.15) is 23.9 Å². The second-order valence-corrected chi connectivity index (χ2v) is 7.50. The van der Waals surface area contributed by atoms with Crippen molar-refractivity contribution < 1.29 is 9.53 Å². The van der Waals surface area contributed by atoms with Gasteiger partial charge in [-0.25, -0.2) is 4.98 Å². The van der Waals surface area contributed by atoms with Crippen molar-refractivity contribution in [2.75, 3.05) is 44.7 Å². The Balaban J connectivity index is 1.57. The third-order valence-corrected chi connectivity index (χ3v) is 4.74. The van der Waals surface area contributed by atoms with Crippen molar-refractivity contribution in [3.8, 4) is 5.75 Å². The van der Waals surface area contributed by atoms with Crippen LogP contribution in [-0.4, -0.2) is 61.2 Å². The number of rotatable bonds is 6. The van der Waals surface area contributed by atoms with Gasteiger partial charge in [-0.15, -0.1) is 0 Å². The maximum absolute atomic E-state index is 12.4. The first kappa shape index (κ1) is 19.2. The van der Waals surface area contributed by atoms with Crippen LogP contribution in [-0.2, 0) is 0 Å². The third-order valence-electron chi connectivity index (χ3n) is 4.74. The summed E-state index contributed by atoms with van der Waals surface area (Å²) in [5, 5.41) is 2.87. The predicted molar refractivity (Wildman–Crippen MR) is 107 cm³/mol. The maximum Gasteiger partial charge on any atom is 0.270 e. The number of nitrogens with one attached hydrogen (secondary N) is 1. The number of carbonyl (C=O) groups excluding carboxylic acids is 1. The number of benzene rings is 1. The molecule has 0 unspecified atom stereocenters. The number of pyridine rings is 1. The van der Waals surface area contributed by atoms with Crippen LogP contribution in [0.2, 0.25) is 0 Å². The summed E-state index contributed by atoms with van der Waals surface area (Å²) in [6, 6.07) is 15.2. The highest BCUT2D eigenvalue weighted by molar-refractivity contribution is 5.92. The van der Waals surface area contributed by atoms with Gasteiger partial charge in [0, 0.05) is 25.2 Å². The summed E-state index contributed by atoms with van der Waals surface area (Å²) < 4.78 is 5.60. The van der Waals surface area contributed by atoms with E-state index in [2.05, 4.69) is 41.0 Å². The molecule has 1 aromatic carbocycles. The Bertz CT molecular complexity index is 764. The Morgan fingerprint density at radius 2 is 1.93 bits per heavy atom. The minimum atomic E-state index is -0.180. The van der Waals surface area contributed by atoms with Gasteiger partial charge in [0.2, 0.25) is 0 Å². The molecule has 0 spiro atoms. The minimum absolute atomic E-state index is 0.0291. The molecular weight excluding hydrogens is 340 g/mol. The standard InChI is InChI=1S/C21H28N4O2/c1-21(2)16-24(3)13-14-25(21)19-11-7-10-18(23-19)20(26)22-12-15-27-17-8-5-4-6-9-17/h4-11H,12-16H2,1-3H3,(H,22,26). The molecule has 144 valence electrons. The van der Waals surface area contributed by atoms with Crippen molar-refractivity contribution in [1.82, 2.24) is 15.2 Å². The molecule has 2 aromatic rings. The number of amides is 1. The molecule has 6 heteroatoms. The molecule has 27 heavy (non-hydrogen) atoms. The summed E-state index contributed by atoms with van der Waals surface area (Å²) in [4.78, 5) is 21.7. The van der Waals surface area contributed by atoms with Gasteiger partial charge in [-0.2, -0.15) is 0 Å². The summed E-state index contributed by atoms with van der Waals surface area (Å²) in [6.45, 7) is 8.10. The lowest BCUT2D eigenvalue weighted by Gasteiger charge is -2.46. The molecule has 0 atom stereocenters. The second kappa shape index (κ2) is 8.39. The van der Waals surface area contributed by atoms with E-state index < -0.39 is 0 Å². The van der Waals surface area contributed by atoms with E-state index in [1.54, 1.807) is 6.07 Å². The van der Waals surface area contributed by atoms with Crippen LogP contribution in [0.15, 0.2) is 48.5 Å². The minimum Gasteiger partial charge on any atom is -0.492 e. The number of nitrogens with zero attached hydrogens (tertiary/aromatic N) is 3. The maximum atomic E-state index is 12.4. The number of aromatic nitrogens is 1. The molecule has 2 heterocycles. The Morgan fingerprint density at radius 1 is 1.15 bits per heavy atom. The fraction of sp³-hybridized carbons (Fsp3) is 0.429. The van der Waals surface area contributed by atoms with Crippen LogP contribution < -0.4 is 15.0 Å². The first-order chi connectivity index (χ1) is 13.0. The van der Waals surface area contributed by atoms with Gasteiger partial charge in [0.15, 0.2) is 0 Å². The Morgan fingerprint density at radius 3 is 2.67 bits per heavy atom. The van der Waals surface area contributed by atoms with Gasteiger partial charge in [0.05, 0.1) is 6.54 Å². The average Bonchev–Trinajstić information content (AvgIpc) is 2.65. The van der Waals surface area contributed by atoms with E-state index in [9.17, 15) is 4.79 Å². The molecule has 1 aromatic heterocycles. The van der Waals surface area contributed by atoms with Crippen LogP contribution in [0.1, 0.15) is 24.3 Å². The molecule has 1 aliphatic heterocycles. The summed E-state index contributed by atoms with van der Waals surface area (Å²) in [5.74, 6) is 1.46. The van der Waals surface area contributed by atoms with Crippen LogP contribution >= 0.6 is 0 Å². The number of piperazine rings is 1. The van der Waals surface area contributed by atoms with E-state index in [0.29, 0.717) is 18.8 Å². The molecule has 3 rings (SSSR count). The normalized spacial score (nSPS) is 16.8. The number of para-hydroxylation sites is 1. The first-order valence-electron chi connectivity index (χ1n) is 9.35. The number of carbonyl (C=O) groups is 1. The molecule has 1 amide bonds. The quantitative estimate of drug-likeness (QED) is 0.794. The van der Waals surface area contributed by atoms with E-state index in [-0.39, 0.29) is 11.4 Å². The lowest BCUT2D eigenvalue weighted by atomic mass is 9.99. The molecule has 1 N–H and O–H groups in total. The summed E-state index contributed by atoms with van der Waals surface area (Å²) in [7, 11) is 2.13. The van der Waals surface area contributed by atoms with E-state index >= 15 is 0 Å². The van der Waals surface area contributed by atoms with Gasteiger partial charge >= 0.3 is 0 Å². The molecule has 1 saturated heterocycles. The van der Waals surface area contributed by atoms with Crippen molar-refractivity contribution >= 4 is 11.7 Å². The average molecular weight is 368 g/mol. The second-order valence-electron chi connectivity index (χ2n) is 7.50. The predicted octanol–water partition coefficient (Wildman–Crippen LogP) is 2.42. The number of likely N-dealkylation sites (N-methyl/N-ethyl adjacent to an activating group) is 1. The first-order valence-corrected chi connectivity index (χ1v) is 9.35. The Kier molecular flexibility index (Phi) is 5.96. The molecule has 0 saturated carbocycles. The highest BCUT2D eigenvalue weighted by Crippen LogP contribution is 2.26. The number of hydrogen-bond acceptors (Lipinski definition) is 5. The highest BCUT2D eigenvalue weighted by Gasteiger charge is 2.33. The van der Waals surface area contributed by atoms with Crippen molar-refractivity contribution in [2.24, 2.45) is 0 Å². The van der Waals surface area contributed by atoms with E-state index in [4.69, 9.17) is 4.74 Å². The summed E-state index contributed by atoms with van der Waals surface area (Å²) in [5.41, 5.74) is 0.403. The molecule has 0 aliphatic carbocycles.